The number of amides is 1. The van der Waals surface area contributed by atoms with E-state index in [2.05, 4.69) is 29.5 Å². The monoisotopic (exact) mass is 297 g/mol. The Hall–Kier alpha value is -1.29. The Morgan fingerprint density at radius 1 is 1.20 bits per heavy atom. The molecule has 4 nitrogen and oxygen atoms in total. The highest BCUT2D eigenvalue weighted by Gasteiger charge is 2.09. The largest absolute Gasteiger partial charge is 0.369 e. The van der Waals surface area contributed by atoms with Crippen molar-refractivity contribution in [3.63, 3.8) is 0 Å². The van der Waals surface area contributed by atoms with Crippen LogP contribution in [0.4, 0.5) is 5.82 Å². The molecular formula is C15H24ClN3O. The van der Waals surface area contributed by atoms with Crippen molar-refractivity contribution in [1.82, 2.24) is 10.3 Å². The molecule has 1 heterocycles. The molecule has 0 fully saturated rings. The van der Waals surface area contributed by atoms with Crippen LogP contribution in [0.2, 0.25) is 5.02 Å². The highest BCUT2D eigenvalue weighted by molar-refractivity contribution is 6.33. The molecule has 1 aromatic heterocycles. The Labute approximate surface area is 126 Å². The van der Waals surface area contributed by atoms with E-state index in [-0.39, 0.29) is 5.91 Å². The Balaban J connectivity index is 2.46. The van der Waals surface area contributed by atoms with Crippen LogP contribution in [0.5, 0.6) is 0 Å². The number of carbonyl (C=O) groups is 1. The molecule has 1 rings (SSSR count). The third-order valence-corrected chi connectivity index (χ3v) is 3.25. The maximum atomic E-state index is 11.9. The van der Waals surface area contributed by atoms with Crippen LogP contribution in [-0.2, 0) is 0 Å². The van der Waals surface area contributed by atoms with Gasteiger partial charge < -0.3 is 10.6 Å². The molecule has 0 aromatic carbocycles. The standard InChI is InChI=1S/C15H24ClN3O/c1-3-5-6-7-9-18-15(20)12-10-13(16)14(19-11-12)17-8-4-2/h10-11H,3-9H2,1-2H3,(H,17,19)(H,18,20). The molecule has 0 bridgehead atoms. The quantitative estimate of drug-likeness (QED) is 0.680. The van der Waals surface area contributed by atoms with Gasteiger partial charge in [-0.15, -0.1) is 0 Å². The Kier molecular flexibility index (Phi) is 8.04. The third-order valence-electron chi connectivity index (χ3n) is 2.96. The van der Waals surface area contributed by atoms with Gasteiger partial charge in [0.05, 0.1) is 10.6 Å². The first-order valence-corrected chi connectivity index (χ1v) is 7.74. The number of unbranched alkanes of at least 4 members (excludes halogenated alkanes) is 3. The summed E-state index contributed by atoms with van der Waals surface area (Å²) in [7, 11) is 0. The van der Waals surface area contributed by atoms with Gasteiger partial charge in [0.25, 0.3) is 5.91 Å². The minimum Gasteiger partial charge on any atom is -0.369 e. The van der Waals surface area contributed by atoms with Crippen molar-refractivity contribution in [2.24, 2.45) is 0 Å². The Bertz CT molecular complexity index is 424. The lowest BCUT2D eigenvalue weighted by Gasteiger charge is -2.08. The zero-order chi connectivity index (χ0) is 14.8. The molecule has 0 aliphatic carbocycles. The van der Waals surface area contributed by atoms with E-state index in [0.717, 1.165) is 25.8 Å². The summed E-state index contributed by atoms with van der Waals surface area (Å²) in [5.74, 6) is 0.519. The first kappa shape index (κ1) is 16.8. The zero-order valence-corrected chi connectivity index (χ0v) is 13.1. The van der Waals surface area contributed by atoms with Crippen LogP contribution in [0.25, 0.3) is 0 Å². The van der Waals surface area contributed by atoms with Crippen molar-refractivity contribution in [1.29, 1.82) is 0 Å². The van der Waals surface area contributed by atoms with Crippen molar-refractivity contribution >= 4 is 23.3 Å². The number of hydrogen-bond acceptors (Lipinski definition) is 3. The highest BCUT2D eigenvalue weighted by atomic mass is 35.5. The molecular weight excluding hydrogens is 274 g/mol. The number of carbonyl (C=O) groups excluding carboxylic acids is 1. The number of anilines is 1. The smallest absolute Gasteiger partial charge is 0.252 e. The van der Waals surface area contributed by atoms with Gasteiger partial charge in [0.15, 0.2) is 0 Å². The summed E-state index contributed by atoms with van der Waals surface area (Å²) < 4.78 is 0. The van der Waals surface area contributed by atoms with E-state index < -0.39 is 0 Å². The summed E-state index contributed by atoms with van der Waals surface area (Å²) in [5, 5.41) is 6.49. The second-order valence-electron chi connectivity index (χ2n) is 4.80. The summed E-state index contributed by atoms with van der Waals surface area (Å²) in [6, 6.07) is 1.66. The lowest BCUT2D eigenvalue weighted by Crippen LogP contribution is -2.24. The number of rotatable bonds is 9. The lowest BCUT2D eigenvalue weighted by molar-refractivity contribution is 0.0952. The molecule has 0 saturated carbocycles. The number of aromatic nitrogens is 1. The SMILES string of the molecule is CCCCCCNC(=O)c1cnc(NCCC)c(Cl)c1. The second kappa shape index (κ2) is 9.59. The van der Waals surface area contributed by atoms with Gasteiger partial charge in [0.2, 0.25) is 0 Å². The van der Waals surface area contributed by atoms with Crippen molar-refractivity contribution in [2.75, 3.05) is 18.4 Å². The molecule has 112 valence electrons. The number of nitrogens with zero attached hydrogens (tertiary/aromatic N) is 1. The maximum absolute atomic E-state index is 11.9. The van der Waals surface area contributed by atoms with E-state index in [1.54, 1.807) is 12.3 Å². The molecule has 0 aliphatic rings. The molecule has 0 radical (unpaired) electrons. The first-order valence-electron chi connectivity index (χ1n) is 7.36. The molecule has 0 unspecified atom stereocenters. The summed E-state index contributed by atoms with van der Waals surface area (Å²) in [5.41, 5.74) is 0.507. The molecule has 0 atom stereocenters. The van der Waals surface area contributed by atoms with Gasteiger partial charge in [-0.2, -0.15) is 0 Å². The van der Waals surface area contributed by atoms with Crippen LogP contribution < -0.4 is 10.6 Å². The van der Waals surface area contributed by atoms with Gasteiger partial charge in [-0.25, -0.2) is 4.98 Å². The highest BCUT2D eigenvalue weighted by Crippen LogP contribution is 2.20. The zero-order valence-electron chi connectivity index (χ0n) is 12.3. The number of pyridine rings is 1. The van der Waals surface area contributed by atoms with Crippen molar-refractivity contribution < 1.29 is 4.79 Å². The minimum absolute atomic E-state index is 0.113. The second-order valence-corrected chi connectivity index (χ2v) is 5.20. The summed E-state index contributed by atoms with van der Waals surface area (Å²) in [6.07, 6.45) is 7.12. The molecule has 2 N–H and O–H groups in total. The average molecular weight is 298 g/mol. The van der Waals surface area contributed by atoms with Gasteiger partial charge in [0.1, 0.15) is 5.82 Å². The van der Waals surface area contributed by atoms with Gasteiger partial charge in [0, 0.05) is 19.3 Å². The molecule has 20 heavy (non-hydrogen) atoms. The van der Waals surface area contributed by atoms with E-state index in [1.165, 1.54) is 12.8 Å². The fraction of sp³-hybridized carbons (Fsp3) is 0.600. The number of halogens is 1. The Morgan fingerprint density at radius 3 is 2.65 bits per heavy atom. The van der Waals surface area contributed by atoms with Crippen LogP contribution in [0.15, 0.2) is 12.3 Å². The van der Waals surface area contributed by atoms with E-state index in [1.807, 2.05) is 0 Å². The average Bonchev–Trinajstić information content (AvgIpc) is 2.45. The van der Waals surface area contributed by atoms with Crippen molar-refractivity contribution in [3.05, 3.63) is 22.8 Å². The van der Waals surface area contributed by atoms with Crippen LogP contribution in [-0.4, -0.2) is 24.0 Å². The summed E-state index contributed by atoms with van der Waals surface area (Å²) in [4.78, 5) is 16.1. The Morgan fingerprint density at radius 2 is 2.00 bits per heavy atom. The topological polar surface area (TPSA) is 54.0 Å². The maximum Gasteiger partial charge on any atom is 0.252 e. The predicted molar refractivity (Wildman–Crippen MR) is 84.5 cm³/mol. The first-order chi connectivity index (χ1) is 9.69. The predicted octanol–water partition coefficient (Wildman–Crippen LogP) is 3.87. The molecule has 0 spiro atoms. The van der Waals surface area contributed by atoms with Crippen LogP contribution in [0.1, 0.15) is 56.3 Å². The minimum atomic E-state index is -0.113. The summed E-state index contributed by atoms with van der Waals surface area (Å²) in [6.45, 7) is 5.75. The third kappa shape index (κ3) is 5.78. The van der Waals surface area contributed by atoms with E-state index in [4.69, 9.17) is 11.6 Å². The van der Waals surface area contributed by atoms with E-state index in [0.29, 0.717) is 22.9 Å². The van der Waals surface area contributed by atoms with Gasteiger partial charge in [-0.1, -0.05) is 44.7 Å². The normalized spacial score (nSPS) is 10.3. The van der Waals surface area contributed by atoms with Gasteiger partial charge >= 0.3 is 0 Å². The van der Waals surface area contributed by atoms with Crippen LogP contribution >= 0.6 is 11.6 Å². The fourth-order valence-electron chi connectivity index (χ4n) is 1.79. The van der Waals surface area contributed by atoms with E-state index in [9.17, 15) is 4.79 Å². The van der Waals surface area contributed by atoms with Crippen LogP contribution in [0, 0.1) is 0 Å². The number of nitrogens with one attached hydrogen (secondary N) is 2. The molecule has 1 aromatic rings. The van der Waals surface area contributed by atoms with Crippen molar-refractivity contribution in [3.8, 4) is 0 Å². The van der Waals surface area contributed by atoms with Crippen LogP contribution in [0.3, 0.4) is 0 Å². The molecule has 1 amide bonds. The van der Waals surface area contributed by atoms with Gasteiger partial charge in [-0.3, -0.25) is 4.79 Å². The molecule has 0 saturated heterocycles. The van der Waals surface area contributed by atoms with Crippen molar-refractivity contribution in [2.45, 2.75) is 46.0 Å². The fourth-order valence-corrected chi connectivity index (χ4v) is 2.02. The van der Waals surface area contributed by atoms with E-state index >= 15 is 0 Å². The summed E-state index contributed by atoms with van der Waals surface area (Å²) >= 11 is 6.11. The van der Waals surface area contributed by atoms with Gasteiger partial charge in [-0.05, 0) is 18.9 Å². The molecule has 5 heteroatoms. The number of hydrogen-bond donors (Lipinski definition) is 2. The molecule has 0 aliphatic heterocycles. The lowest BCUT2D eigenvalue weighted by atomic mass is 10.2.